The molecular formula is C18H36N2O. The first-order chi connectivity index (χ1) is 9.89. The normalized spacial score (nSPS) is 33.7. The zero-order valence-electron chi connectivity index (χ0n) is 14.8. The van der Waals surface area contributed by atoms with Crippen molar-refractivity contribution in [3.8, 4) is 0 Å². The molecule has 2 fully saturated rings. The second-order valence-corrected chi connectivity index (χ2v) is 8.17. The van der Waals surface area contributed by atoms with Gasteiger partial charge in [0.05, 0.1) is 11.7 Å². The molecule has 124 valence electrons. The molecule has 0 aromatic carbocycles. The largest absolute Gasteiger partial charge is 0.371 e. The molecule has 2 rings (SSSR count). The van der Waals surface area contributed by atoms with E-state index in [0.717, 1.165) is 19.0 Å². The Morgan fingerprint density at radius 3 is 2.67 bits per heavy atom. The lowest BCUT2D eigenvalue weighted by molar-refractivity contribution is -0.0395. The molecule has 0 radical (unpaired) electrons. The first-order valence-corrected chi connectivity index (χ1v) is 9.05. The van der Waals surface area contributed by atoms with E-state index in [-0.39, 0.29) is 5.60 Å². The molecule has 2 saturated heterocycles. The van der Waals surface area contributed by atoms with Crippen LogP contribution in [-0.4, -0.2) is 48.3 Å². The summed E-state index contributed by atoms with van der Waals surface area (Å²) in [6, 6.07) is 1.36. The minimum Gasteiger partial charge on any atom is -0.371 e. The summed E-state index contributed by atoms with van der Waals surface area (Å²) in [6.07, 6.45) is 6.73. The van der Waals surface area contributed by atoms with E-state index in [1.165, 1.54) is 38.6 Å². The van der Waals surface area contributed by atoms with E-state index in [1.807, 2.05) is 0 Å². The van der Waals surface area contributed by atoms with Gasteiger partial charge in [0.25, 0.3) is 0 Å². The molecule has 3 atom stereocenters. The minimum atomic E-state index is 0.0935. The van der Waals surface area contributed by atoms with E-state index in [2.05, 4.69) is 44.8 Å². The number of ether oxygens (including phenoxy) is 1. The summed E-state index contributed by atoms with van der Waals surface area (Å²) >= 11 is 0. The third kappa shape index (κ3) is 5.22. The standard InChI is InChI=1S/C18H36N2O/c1-6-7-16-11-19-15(10-14(2)3)12-20(16)13-17-8-9-18(4,5)21-17/h14-17,19H,6-13H2,1-5H3. The lowest BCUT2D eigenvalue weighted by atomic mass is 9.97. The highest BCUT2D eigenvalue weighted by Gasteiger charge is 2.35. The monoisotopic (exact) mass is 296 g/mol. The molecule has 3 heteroatoms. The van der Waals surface area contributed by atoms with Crippen LogP contribution < -0.4 is 5.32 Å². The molecule has 0 amide bonds. The van der Waals surface area contributed by atoms with Crippen molar-refractivity contribution >= 4 is 0 Å². The van der Waals surface area contributed by atoms with Gasteiger partial charge >= 0.3 is 0 Å². The lowest BCUT2D eigenvalue weighted by Gasteiger charge is -2.42. The highest BCUT2D eigenvalue weighted by molar-refractivity contribution is 4.90. The molecule has 0 saturated carbocycles. The third-order valence-corrected chi connectivity index (χ3v) is 4.98. The van der Waals surface area contributed by atoms with Gasteiger partial charge in [-0.3, -0.25) is 4.90 Å². The van der Waals surface area contributed by atoms with E-state index in [0.29, 0.717) is 18.2 Å². The zero-order chi connectivity index (χ0) is 15.5. The van der Waals surface area contributed by atoms with Gasteiger partial charge in [-0.05, 0) is 45.4 Å². The Balaban J connectivity index is 1.91. The van der Waals surface area contributed by atoms with Crippen molar-refractivity contribution in [3.63, 3.8) is 0 Å². The van der Waals surface area contributed by atoms with Crippen molar-refractivity contribution in [2.45, 2.75) is 90.5 Å². The predicted molar refractivity (Wildman–Crippen MR) is 89.7 cm³/mol. The van der Waals surface area contributed by atoms with Gasteiger partial charge in [0.2, 0.25) is 0 Å². The van der Waals surface area contributed by atoms with Crippen LogP contribution in [-0.2, 0) is 4.74 Å². The molecule has 0 bridgehead atoms. The van der Waals surface area contributed by atoms with Crippen molar-refractivity contribution in [2.75, 3.05) is 19.6 Å². The summed E-state index contributed by atoms with van der Waals surface area (Å²) in [4.78, 5) is 2.72. The Bertz CT molecular complexity index is 316. The first-order valence-electron chi connectivity index (χ1n) is 9.05. The second kappa shape index (κ2) is 7.43. The average molecular weight is 296 g/mol. The van der Waals surface area contributed by atoms with Crippen LogP contribution in [0.5, 0.6) is 0 Å². The van der Waals surface area contributed by atoms with Gasteiger partial charge in [-0.25, -0.2) is 0 Å². The smallest absolute Gasteiger partial charge is 0.0710 e. The summed E-state index contributed by atoms with van der Waals surface area (Å²) in [7, 11) is 0. The van der Waals surface area contributed by atoms with Gasteiger partial charge in [-0.1, -0.05) is 27.2 Å². The van der Waals surface area contributed by atoms with Gasteiger partial charge in [0, 0.05) is 31.7 Å². The van der Waals surface area contributed by atoms with Gasteiger partial charge < -0.3 is 10.1 Å². The highest BCUT2D eigenvalue weighted by atomic mass is 16.5. The van der Waals surface area contributed by atoms with Crippen LogP contribution >= 0.6 is 0 Å². The van der Waals surface area contributed by atoms with Crippen LogP contribution in [0, 0.1) is 5.92 Å². The number of nitrogens with zero attached hydrogens (tertiary/aromatic N) is 1. The molecule has 0 aliphatic carbocycles. The van der Waals surface area contributed by atoms with Crippen LogP contribution in [0.2, 0.25) is 0 Å². The van der Waals surface area contributed by atoms with E-state index in [9.17, 15) is 0 Å². The predicted octanol–water partition coefficient (Wildman–Crippen LogP) is 3.43. The molecule has 21 heavy (non-hydrogen) atoms. The molecule has 0 aromatic heterocycles. The molecule has 0 spiro atoms. The molecule has 2 aliphatic heterocycles. The average Bonchev–Trinajstić information content (AvgIpc) is 2.71. The molecule has 1 N–H and O–H groups in total. The molecular weight excluding hydrogens is 260 g/mol. The summed E-state index contributed by atoms with van der Waals surface area (Å²) in [6.45, 7) is 14.9. The summed E-state index contributed by atoms with van der Waals surface area (Å²) in [5.41, 5.74) is 0.0935. The van der Waals surface area contributed by atoms with Crippen LogP contribution in [0.15, 0.2) is 0 Å². The molecule has 3 nitrogen and oxygen atoms in total. The molecule has 2 aliphatic rings. The quantitative estimate of drug-likeness (QED) is 0.812. The van der Waals surface area contributed by atoms with Crippen molar-refractivity contribution in [3.05, 3.63) is 0 Å². The zero-order valence-corrected chi connectivity index (χ0v) is 14.8. The first kappa shape index (κ1) is 17.2. The molecule has 2 heterocycles. The maximum Gasteiger partial charge on any atom is 0.0710 e. The fraction of sp³-hybridized carbons (Fsp3) is 1.00. The Hall–Kier alpha value is -0.120. The van der Waals surface area contributed by atoms with Gasteiger partial charge in [0.15, 0.2) is 0 Å². The number of hydrogen-bond donors (Lipinski definition) is 1. The summed E-state index contributed by atoms with van der Waals surface area (Å²) < 4.78 is 6.23. The van der Waals surface area contributed by atoms with Crippen molar-refractivity contribution in [2.24, 2.45) is 5.92 Å². The van der Waals surface area contributed by atoms with Gasteiger partial charge in [0.1, 0.15) is 0 Å². The molecule has 3 unspecified atom stereocenters. The van der Waals surface area contributed by atoms with Crippen molar-refractivity contribution in [1.29, 1.82) is 0 Å². The maximum atomic E-state index is 6.23. The van der Waals surface area contributed by atoms with Crippen molar-refractivity contribution < 1.29 is 4.74 Å². The highest BCUT2D eigenvalue weighted by Crippen LogP contribution is 2.30. The Morgan fingerprint density at radius 1 is 1.33 bits per heavy atom. The SMILES string of the molecule is CCCC1CNC(CC(C)C)CN1CC1CCC(C)(C)O1. The second-order valence-electron chi connectivity index (χ2n) is 8.17. The number of hydrogen-bond acceptors (Lipinski definition) is 3. The number of piperazine rings is 1. The summed E-state index contributed by atoms with van der Waals surface area (Å²) in [5, 5.41) is 3.77. The van der Waals surface area contributed by atoms with E-state index < -0.39 is 0 Å². The Kier molecular flexibility index (Phi) is 6.10. The van der Waals surface area contributed by atoms with Crippen LogP contribution in [0.3, 0.4) is 0 Å². The van der Waals surface area contributed by atoms with Crippen molar-refractivity contribution in [1.82, 2.24) is 10.2 Å². The fourth-order valence-electron chi connectivity index (χ4n) is 3.96. The fourth-order valence-corrected chi connectivity index (χ4v) is 3.96. The van der Waals surface area contributed by atoms with E-state index >= 15 is 0 Å². The topological polar surface area (TPSA) is 24.5 Å². The van der Waals surface area contributed by atoms with Crippen LogP contribution in [0.25, 0.3) is 0 Å². The Labute approximate surface area is 131 Å². The van der Waals surface area contributed by atoms with Gasteiger partial charge in [-0.15, -0.1) is 0 Å². The van der Waals surface area contributed by atoms with Crippen LogP contribution in [0.1, 0.15) is 66.7 Å². The Morgan fingerprint density at radius 2 is 2.10 bits per heavy atom. The number of nitrogens with one attached hydrogen (secondary N) is 1. The molecule has 0 aromatic rings. The summed E-state index contributed by atoms with van der Waals surface area (Å²) in [5.74, 6) is 0.772. The van der Waals surface area contributed by atoms with E-state index in [1.54, 1.807) is 0 Å². The van der Waals surface area contributed by atoms with E-state index in [4.69, 9.17) is 4.74 Å². The maximum absolute atomic E-state index is 6.23. The lowest BCUT2D eigenvalue weighted by Crippen LogP contribution is -2.58. The third-order valence-electron chi connectivity index (χ3n) is 4.98. The van der Waals surface area contributed by atoms with Gasteiger partial charge in [-0.2, -0.15) is 0 Å². The van der Waals surface area contributed by atoms with Crippen LogP contribution in [0.4, 0.5) is 0 Å². The number of rotatable bonds is 6. The minimum absolute atomic E-state index is 0.0935.